The minimum atomic E-state index is -0.569. The van der Waals surface area contributed by atoms with Gasteiger partial charge in [0.1, 0.15) is 5.06 Å². The van der Waals surface area contributed by atoms with Crippen LogP contribution in [0.3, 0.4) is 0 Å². The van der Waals surface area contributed by atoms with Crippen molar-refractivity contribution >= 4 is 11.6 Å². The quantitative estimate of drug-likeness (QED) is 0.562. The minimum absolute atomic E-state index is 0. The minimum Gasteiger partial charge on any atom is -0.355 e. The Balaban J connectivity index is 0. The SMILES string of the molecule is C=C(C)COC(Cl)(CCC)C(C)(C)C.N. The molecule has 1 unspecified atom stereocenters. The molecule has 0 heterocycles. The van der Waals surface area contributed by atoms with Gasteiger partial charge >= 0.3 is 0 Å². The van der Waals surface area contributed by atoms with Crippen LogP contribution in [0.2, 0.25) is 0 Å². The first kappa shape index (κ1) is 17.3. The van der Waals surface area contributed by atoms with Crippen LogP contribution in [0.15, 0.2) is 12.2 Å². The van der Waals surface area contributed by atoms with E-state index in [9.17, 15) is 0 Å². The molecule has 15 heavy (non-hydrogen) atoms. The van der Waals surface area contributed by atoms with E-state index in [0.29, 0.717) is 6.61 Å². The standard InChI is InChI=1S/C12H23ClO.H3N/c1-7-8-12(13,11(4,5)6)14-9-10(2)3;/h2,7-9H2,1,3-6H3;1H3. The summed E-state index contributed by atoms with van der Waals surface area (Å²) in [5.41, 5.74) is 0.954. The molecule has 0 rings (SSSR count). The van der Waals surface area contributed by atoms with Crippen LogP contribution in [0.1, 0.15) is 47.5 Å². The number of halogens is 1. The van der Waals surface area contributed by atoms with Crippen molar-refractivity contribution in [2.24, 2.45) is 5.41 Å². The molecule has 0 radical (unpaired) electrons. The summed E-state index contributed by atoms with van der Waals surface area (Å²) >= 11 is 6.50. The van der Waals surface area contributed by atoms with Crippen molar-refractivity contribution in [2.45, 2.75) is 52.5 Å². The van der Waals surface area contributed by atoms with Crippen molar-refractivity contribution in [1.29, 1.82) is 0 Å². The Labute approximate surface area is 99.6 Å². The lowest BCUT2D eigenvalue weighted by Crippen LogP contribution is -2.40. The maximum absolute atomic E-state index is 6.50. The molecule has 2 nitrogen and oxygen atoms in total. The highest BCUT2D eigenvalue weighted by Crippen LogP contribution is 2.41. The number of hydrogen-bond acceptors (Lipinski definition) is 2. The van der Waals surface area contributed by atoms with Crippen LogP contribution in [0.5, 0.6) is 0 Å². The predicted octanol–water partition coefficient (Wildman–Crippen LogP) is 4.52. The highest BCUT2D eigenvalue weighted by Gasteiger charge is 2.40. The van der Waals surface area contributed by atoms with Gasteiger partial charge in [-0.25, -0.2) is 0 Å². The summed E-state index contributed by atoms with van der Waals surface area (Å²) < 4.78 is 5.76. The van der Waals surface area contributed by atoms with Gasteiger partial charge in [0.25, 0.3) is 0 Å². The fraction of sp³-hybridized carbons (Fsp3) is 0.833. The molecule has 0 aliphatic rings. The second-order valence-electron chi connectivity index (χ2n) is 4.97. The van der Waals surface area contributed by atoms with Gasteiger partial charge in [0.05, 0.1) is 6.61 Å². The van der Waals surface area contributed by atoms with E-state index in [1.807, 2.05) is 6.92 Å². The normalized spacial score (nSPS) is 15.3. The smallest absolute Gasteiger partial charge is 0.147 e. The maximum atomic E-state index is 6.50. The van der Waals surface area contributed by atoms with Crippen molar-refractivity contribution in [3.63, 3.8) is 0 Å². The topological polar surface area (TPSA) is 44.2 Å². The summed E-state index contributed by atoms with van der Waals surface area (Å²) in [6.07, 6.45) is 1.89. The average Bonchev–Trinajstić information content (AvgIpc) is 1.99. The Morgan fingerprint density at radius 3 is 2.07 bits per heavy atom. The molecule has 0 amide bonds. The molecule has 1 atom stereocenters. The van der Waals surface area contributed by atoms with E-state index in [-0.39, 0.29) is 11.6 Å². The number of hydrogen-bond donors (Lipinski definition) is 1. The molecule has 0 aromatic carbocycles. The monoisotopic (exact) mass is 235 g/mol. The molecule has 3 N–H and O–H groups in total. The van der Waals surface area contributed by atoms with Crippen LogP contribution in [-0.4, -0.2) is 11.7 Å². The van der Waals surface area contributed by atoms with Crippen LogP contribution in [-0.2, 0) is 4.74 Å². The summed E-state index contributed by atoms with van der Waals surface area (Å²) in [7, 11) is 0. The van der Waals surface area contributed by atoms with Gasteiger partial charge in [-0.15, -0.1) is 0 Å². The third-order valence-electron chi connectivity index (χ3n) is 2.24. The van der Waals surface area contributed by atoms with Crippen molar-refractivity contribution in [1.82, 2.24) is 6.15 Å². The zero-order valence-electron chi connectivity index (χ0n) is 10.8. The Morgan fingerprint density at radius 1 is 1.33 bits per heavy atom. The van der Waals surface area contributed by atoms with Gasteiger partial charge < -0.3 is 10.9 Å². The van der Waals surface area contributed by atoms with E-state index in [1.165, 1.54) is 0 Å². The lowest BCUT2D eigenvalue weighted by atomic mass is 9.85. The van der Waals surface area contributed by atoms with Crippen molar-refractivity contribution < 1.29 is 4.74 Å². The van der Waals surface area contributed by atoms with Crippen molar-refractivity contribution in [3.8, 4) is 0 Å². The average molecular weight is 236 g/mol. The molecule has 0 aliphatic heterocycles. The highest BCUT2D eigenvalue weighted by atomic mass is 35.5. The van der Waals surface area contributed by atoms with Crippen LogP contribution < -0.4 is 6.15 Å². The fourth-order valence-corrected chi connectivity index (χ4v) is 1.47. The Hall–Kier alpha value is -0.0500. The Bertz CT molecular complexity index is 198. The zero-order valence-corrected chi connectivity index (χ0v) is 11.6. The van der Waals surface area contributed by atoms with Crippen LogP contribution in [0.4, 0.5) is 0 Å². The first-order valence-corrected chi connectivity index (χ1v) is 5.58. The molecule has 0 saturated carbocycles. The van der Waals surface area contributed by atoms with Gasteiger partial charge in [-0.05, 0) is 13.3 Å². The molecular weight excluding hydrogens is 210 g/mol. The summed E-state index contributed by atoms with van der Waals surface area (Å²) in [5, 5.41) is -0.569. The molecular formula is C12H26ClNO. The molecule has 0 aromatic rings. The van der Waals surface area contributed by atoms with Gasteiger partial charge in [0, 0.05) is 5.41 Å². The van der Waals surface area contributed by atoms with Gasteiger partial charge in [-0.3, -0.25) is 0 Å². The van der Waals surface area contributed by atoms with Crippen molar-refractivity contribution in [2.75, 3.05) is 6.61 Å². The van der Waals surface area contributed by atoms with E-state index < -0.39 is 5.06 Å². The van der Waals surface area contributed by atoms with Gasteiger partial charge in [-0.1, -0.05) is 57.9 Å². The van der Waals surface area contributed by atoms with E-state index in [2.05, 4.69) is 34.3 Å². The third kappa shape index (κ3) is 5.55. The molecule has 3 heteroatoms. The molecule has 0 spiro atoms. The highest BCUT2D eigenvalue weighted by molar-refractivity contribution is 6.23. The molecule has 0 saturated heterocycles. The molecule has 0 fully saturated rings. The second kappa shape index (κ2) is 6.51. The maximum Gasteiger partial charge on any atom is 0.147 e. The Morgan fingerprint density at radius 2 is 1.80 bits per heavy atom. The van der Waals surface area contributed by atoms with E-state index in [0.717, 1.165) is 18.4 Å². The molecule has 0 aromatic heterocycles. The summed E-state index contributed by atoms with van der Waals surface area (Å²) in [5.74, 6) is 0. The lowest BCUT2D eigenvalue weighted by Gasteiger charge is -2.39. The van der Waals surface area contributed by atoms with E-state index in [4.69, 9.17) is 16.3 Å². The van der Waals surface area contributed by atoms with E-state index in [1.54, 1.807) is 0 Å². The van der Waals surface area contributed by atoms with Gasteiger partial charge in [-0.2, -0.15) is 0 Å². The molecule has 0 aliphatic carbocycles. The van der Waals surface area contributed by atoms with Crippen LogP contribution in [0.25, 0.3) is 0 Å². The zero-order chi connectivity index (χ0) is 11.4. The van der Waals surface area contributed by atoms with Gasteiger partial charge in [0.15, 0.2) is 0 Å². The Kier molecular flexibility index (Phi) is 7.53. The van der Waals surface area contributed by atoms with Crippen LogP contribution >= 0.6 is 11.6 Å². The van der Waals surface area contributed by atoms with Crippen LogP contribution in [0, 0.1) is 5.41 Å². The van der Waals surface area contributed by atoms with E-state index >= 15 is 0 Å². The first-order chi connectivity index (χ1) is 6.23. The summed E-state index contributed by atoms with van der Waals surface area (Å²) in [6, 6.07) is 0. The fourth-order valence-electron chi connectivity index (χ4n) is 1.22. The largest absolute Gasteiger partial charge is 0.355 e. The number of rotatable bonds is 5. The second-order valence-corrected chi connectivity index (χ2v) is 5.58. The lowest BCUT2D eigenvalue weighted by molar-refractivity contribution is -0.0490. The molecule has 0 bridgehead atoms. The van der Waals surface area contributed by atoms with Crippen molar-refractivity contribution in [3.05, 3.63) is 12.2 Å². The van der Waals surface area contributed by atoms with Gasteiger partial charge in [0.2, 0.25) is 0 Å². The predicted molar refractivity (Wildman–Crippen MR) is 68.7 cm³/mol. The number of alkyl halides is 1. The molecule has 92 valence electrons. The summed E-state index contributed by atoms with van der Waals surface area (Å²) in [4.78, 5) is 0. The summed E-state index contributed by atoms with van der Waals surface area (Å²) in [6.45, 7) is 14.7. The number of ether oxygens (including phenoxy) is 1. The first-order valence-electron chi connectivity index (χ1n) is 5.20. The third-order valence-corrected chi connectivity index (χ3v) is 3.10.